The van der Waals surface area contributed by atoms with Crippen LogP contribution >= 0.6 is 0 Å². The summed E-state index contributed by atoms with van der Waals surface area (Å²) in [5.74, 6) is 1.27. The van der Waals surface area contributed by atoms with Crippen molar-refractivity contribution in [1.82, 2.24) is 15.2 Å². The molecular weight excluding hydrogens is 308 g/mol. The van der Waals surface area contributed by atoms with Crippen molar-refractivity contribution in [2.75, 3.05) is 54.0 Å². The first-order chi connectivity index (χ1) is 11.6. The fraction of sp³-hybridized carbons (Fsp3) is 0.529. The van der Waals surface area contributed by atoms with Crippen molar-refractivity contribution in [3.05, 3.63) is 23.8 Å². The summed E-state index contributed by atoms with van der Waals surface area (Å²) in [5.41, 5.74) is 3.36. The molecule has 1 N–H and O–H groups in total. The van der Waals surface area contributed by atoms with Crippen molar-refractivity contribution >= 4 is 12.1 Å². The molecule has 1 fully saturated rings. The third-order valence-corrected chi connectivity index (χ3v) is 4.03. The molecule has 1 aliphatic rings. The highest BCUT2D eigenvalue weighted by Gasteiger charge is 2.14. The number of carbonyl (C=O) groups excluding carboxylic acids is 1. The molecule has 1 amide bonds. The zero-order valence-corrected chi connectivity index (χ0v) is 14.6. The number of carbonyl (C=O) groups is 1. The predicted octanol–water partition coefficient (Wildman–Crippen LogP) is 0.791. The number of hydrogen-bond donors (Lipinski definition) is 1. The second kappa shape index (κ2) is 9.24. The van der Waals surface area contributed by atoms with Crippen LogP contribution in [0.3, 0.4) is 0 Å². The first kappa shape index (κ1) is 18.2. The van der Waals surface area contributed by atoms with Gasteiger partial charge in [0, 0.05) is 50.8 Å². The predicted molar refractivity (Wildman–Crippen MR) is 93.8 cm³/mol. The Morgan fingerprint density at radius 3 is 2.38 bits per heavy atom. The van der Waals surface area contributed by atoms with E-state index in [0.29, 0.717) is 17.9 Å². The minimum absolute atomic E-state index is 0.0833. The molecule has 24 heavy (non-hydrogen) atoms. The molecule has 0 unspecified atom stereocenters. The standard InChI is InChI=1S/C17H26N4O3/c1-20-6-8-21(9-7-20)5-4-17(22)19-18-13-14-10-15(23-2)12-16(11-14)24-3/h10-13H,4-9H2,1-3H3,(H,19,22)/b18-13+. The van der Waals surface area contributed by atoms with Crippen molar-refractivity contribution in [2.24, 2.45) is 5.10 Å². The van der Waals surface area contributed by atoms with E-state index < -0.39 is 0 Å². The van der Waals surface area contributed by atoms with E-state index in [0.717, 1.165) is 38.3 Å². The highest BCUT2D eigenvalue weighted by atomic mass is 16.5. The van der Waals surface area contributed by atoms with Crippen LogP contribution in [0.25, 0.3) is 0 Å². The van der Waals surface area contributed by atoms with E-state index >= 15 is 0 Å². The maximum absolute atomic E-state index is 11.9. The van der Waals surface area contributed by atoms with Gasteiger partial charge < -0.3 is 19.3 Å². The van der Waals surface area contributed by atoms with E-state index in [-0.39, 0.29) is 5.91 Å². The third-order valence-electron chi connectivity index (χ3n) is 4.03. The summed E-state index contributed by atoms with van der Waals surface area (Å²) >= 11 is 0. The second-order valence-electron chi connectivity index (χ2n) is 5.83. The van der Waals surface area contributed by atoms with Gasteiger partial charge in [-0.15, -0.1) is 0 Å². The van der Waals surface area contributed by atoms with E-state index in [1.54, 1.807) is 26.5 Å². The first-order valence-electron chi connectivity index (χ1n) is 8.06. The average Bonchev–Trinajstić information content (AvgIpc) is 2.61. The van der Waals surface area contributed by atoms with Gasteiger partial charge in [0.05, 0.1) is 20.4 Å². The minimum Gasteiger partial charge on any atom is -0.497 e. The molecule has 0 radical (unpaired) electrons. The van der Waals surface area contributed by atoms with Gasteiger partial charge in [0.25, 0.3) is 0 Å². The lowest BCUT2D eigenvalue weighted by molar-refractivity contribution is -0.121. The fourth-order valence-corrected chi connectivity index (χ4v) is 2.47. The number of hydrogen-bond acceptors (Lipinski definition) is 6. The van der Waals surface area contributed by atoms with Gasteiger partial charge in [0.2, 0.25) is 5.91 Å². The summed E-state index contributed by atoms with van der Waals surface area (Å²) in [4.78, 5) is 16.5. The average molecular weight is 334 g/mol. The lowest BCUT2D eigenvalue weighted by atomic mass is 10.2. The normalized spacial score (nSPS) is 16.3. The number of amides is 1. The summed E-state index contributed by atoms with van der Waals surface area (Å²) in [6, 6.07) is 5.43. The summed E-state index contributed by atoms with van der Waals surface area (Å²) in [5, 5.41) is 4.01. The maximum atomic E-state index is 11.9. The molecule has 0 atom stereocenters. The Morgan fingerprint density at radius 2 is 1.79 bits per heavy atom. The van der Waals surface area contributed by atoms with Gasteiger partial charge in [0.15, 0.2) is 0 Å². The number of benzene rings is 1. The van der Waals surface area contributed by atoms with Crippen LogP contribution in [0, 0.1) is 0 Å². The van der Waals surface area contributed by atoms with Gasteiger partial charge in [-0.2, -0.15) is 5.10 Å². The van der Waals surface area contributed by atoms with Gasteiger partial charge >= 0.3 is 0 Å². The summed E-state index contributed by atoms with van der Waals surface area (Å²) < 4.78 is 10.4. The number of hydrazone groups is 1. The van der Waals surface area contributed by atoms with Crippen LogP contribution in [0.4, 0.5) is 0 Å². The molecule has 7 nitrogen and oxygen atoms in total. The number of nitrogens with zero attached hydrogens (tertiary/aromatic N) is 3. The van der Waals surface area contributed by atoms with Gasteiger partial charge in [-0.05, 0) is 19.2 Å². The number of rotatable bonds is 7. The zero-order valence-electron chi connectivity index (χ0n) is 14.6. The van der Waals surface area contributed by atoms with Crippen molar-refractivity contribution in [2.45, 2.75) is 6.42 Å². The van der Waals surface area contributed by atoms with Crippen molar-refractivity contribution in [1.29, 1.82) is 0 Å². The highest BCUT2D eigenvalue weighted by molar-refractivity contribution is 5.83. The number of nitrogens with one attached hydrogen (secondary N) is 1. The Kier molecular flexibility index (Phi) is 7.02. The van der Waals surface area contributed by atoms with Gasteiger partial charge in [-0.25, -0.2) is 5.43 Å². The molecule has 0 bridgehead atoms. The quantitative estimate of drug-likeness (QED) is 0.590. The van der Waals surface area contributed by atoms with E-state index in [1.165, 1.54) is 0 Å². The van der Waals surface area contributed by atoms with Crippen molar-refractivity contribution in [3.8, 4) is 11.5 Å². The van der Waals surface area contributed by atoms with E-state index in [1.807, 2.05) is 12.1 Å². The first-order valence-corrected chi connectivity index (χ1v) is 8.06. The minimum atomic E-state index is -0.0833. The van der Waals surface area contributed by atoms with Gasteiger partial charge in [-0.3, -0.25) is 4.79 Å². The molecule has 1 aliphatic heterocycles. The van der Waals surface area contributed by atoms with Crippen molar-refractivity contribution < 1.29 is 14.3 Å². The molecule has 1 aromatic rings. The molecule has 0 aromatic heterocycles. The van der Waals surface area contributed by atoms with E-state index in [4.69, 9.17) is 9.47 Å². The van der Waals surface area contributed by atoms with Gasteiger partial charge in [0.1, 0.15) is 11.5 Å². The molecule has 1 heterocycles. The molecule has 2 rings (SSSR count). The van der Waals surface area contributed by atoms with Crippen LogP contribution in [-0.4, -0.2) is 75.9 Å². The lowest BCUT2D eigenvalue weighted by Gasteiger charge is -2.32. The summed E-state index contributed by atoms with van der Waals surface area (Å²) in [6.45, 7) is 4.89. The largest absolute Gasteiger partial charge is 0.497 e. The monoisotopic (exact) mass is 334 g/mol. The highest BCUT2D eigenvalue weighted by Crippen LogP contribution is 2.21. The SMILES string of the molecule is COc1cc(/C=N/NC(=O)CCN2CCN(C)CC2)cc(OC)c1. The Morgan fingerprint density at radius 1 is 1.17 bits per heavy atom. The lowest BCUT2D eigenvalue weighted by Crippen LogP contribution is -2.45. The molecule has 0 aliphatic carbocycles. The number of ether oxygens (including phenoxy) is 2. The molecule has 7 heteroatoms. The van der Waals surface area contributed by atoms with Gasteiger partial charge in [-0.1, -0.05) is 0 Å². The molecule has 0 saturated carbocycles. The second-order valence-corrected chi connectivity index (χ2v) is 5.83. The zero-order chi connectivity index (χ0) is 17.4. The van der Waals surface area contributed by atoms with Crippen LogP contribution in [0.15, 0.2) is 23.3 Å². The Labute approximate surface area is 143 Å². The Balaban J connectivity index is 1.77. The number of likely N-dealkylation sites (N-methyl/N-ethyl adjacent to an activating group) is 1. The van der Waals surface area contributed by atoms with E-state index in [2.05, 4.69) is 27.4 Å². The topological polar surface area (TPSA) is 66.4 Å². The van der Waals surface area contributed by atoms with E-state index in [9.17, 15) is 4.79 Å². The smallest absolute Gasteiger partial charge is 0.241 e. The number of methoxy groups -OCH3 is 2. The van der Waals surface area contributed by atoms with Crippen LogP contribution in [-0.2, 0) is 4.79 Å². The number of piperazine rings is 1. The fourth-order valence-electron chi connectivity index (χ4n) is 2.47. The molecule has 1 saturated heterocycles. The summed E-state index contributed by atoms with van der Waals surface area (Å²) in [7, 11) is 5.30. The Bertz CT molecular complexity index is 547. The Hall–Kier alpha value is -2.12. The molecule has 1 aromatic carbocycles. The van der Waals surface area contributed by atoms with Crippen molar-refractivity contribution in [3.63, 3.8) is 0 Å². The van der Waals surface area contributed by atoms with Crippen LogP contribution in [0.5, 0.6) is 11.5 Å². The van der Waals surface area contributed by atoms with Crippen LogP contribution in [0.1, 0.15) is 12.0 Å². The molecule has 0 spiro atoms. The van der Waals surface area contributed by atoms with Crippen LogP contribution in [0.2, 0.25) is 0 Å². The summed E-state index contributed by atoms with van der Waals surface area (Å²) in [6.07, 6.45) is 2.03. The third kappa shape index (κ3) is 5.82. The maximum Gasteiger partial charge on any atom is 0.241 e. The van der Waals surface area contributed by atoms with Crippen LogP contribution < -0.4 is 14.9 Å². The molecular formula is C17H26N4O3. The molecule has 132 valence electrons.